The summed E-state index contributed by atoms with van der Waals surface area (Å²) in [5.74, 6) is -0.0819. The molecule has 1 heterocycles. The summed E-state index contributed by atoms with van der Waals surface area (Å²) in [6.45, 7) is 4.44. The molecule has 3 aromatic rings. The van der Waals surface area contributed by atoms with Gasteiger partial charge in [0.2, 0.25) is 5.91 Å². The molecule has 0 bridgehead atoms. The maximum absolute atomic E-state index is 12.4. The van der Waals surface area contributed by atoms with Gasteiger partial charge in [0.1, 0.15) is 0 Å². The molecule has 0 aliphatic carbocycles. The molecule has 7 heteroatoms. The summed E-state index contributed by atoms with van der Waals surface area (Å²) in [6, 6.07) is 13.0. The van der Waals surface area contributed by atoms with Crippen LogP contribution in [0.15, 0.2) is 52.2 Å². The SMILES string of the molecule is CCn1c(=O)sc2cc(NC(=O)C(C)Sc3ccc(Cl)cc3)ccc21. The average molecular weight is 393 g/mol. The van der Waals surface area contributed by atoms with Gasteiger partial charge in [0.25, 0.3) is 0 Å². The van der Waals surface area contributed by atoms with Crippen LogP contribution in [0.25, 0.3) is 10.2 Å². The number of fused-ring (bicyclic) bond motifs is 1. The molecule has 0 aliphatic rings. The third-order valence-corrected chi connectivity index (χ3v) is 6.05. The highest BCUT2D eigenvalue weighted by atomic mass is 35.5. The lowest BCUT2D eigenvalue weighted by Crippen LogP contribution is -2.22. The normalized spacial score (nSPS) is 12.3. The molecule has 1 N–H and O–H groups in total. The molecule has 0 saturated carbocycles. The monoisotopic (exact) mass is 392 g/mol. The van der Waals surface area contributed by atoms with E-state index in [0.717, 1.165) is 15.1 Å². The highest BCUT2D eigenvalue weighted by Gasteiger charge is 2.15. The Morgan fingerprint density at radius 2 is 2.00 bits per heavy atom. The molecule has 0 fully saturated rings. The van der Waals surface area contributed by atoms with Crippen LogP contribution in [0.2, 0.25) is 5.02 Å². The summed E-state index contributed by atoms with van der Waals surface area (Å²) in [5.41, 5.74) is 1.60. The number of aryl methyl sites for hydroxylation is 1. The first kappa shape index (κ1) is 18.0. The summed E-state index contributed by atoms with van der Waals surface area (Å²) >= 11 is 8.54. The molecule has 1 atom stereocenters. The fourth-order valence-electron chi connectivity index (χ4n) is 2.46. The molecule has 2 aromatic carbocycles. The Balaban J connectivity index is 1.72. The smallest absolute Gasteiger partial charge is 0.308 e. The van der Waals surface area contributed by atoms with Gasteiger partial charge in [-0.05, 0) is 56.3 Å². The number of thiazole rings is 1. The van der Waals surface area contributed by atoms with E-state index in [-0.39, 0.29) is 16.0 Å². The van der Waals surface area contributed by atoms with Gasteiger partial charge in [-0.3, -0.25) is 14.2 Å². The number of benzene rings is 2. The van der Waals surface area contributed by atoms with Crippen LogP contribution in [-0.2, 0) is 11.3 Å². The van der Waals surface area contributed by atoms with E-state index in [0.29, 0.717) is 17.3 Å². The second kappa shape index (κ2) is 7.64. The van der Waals surface area contributed by atoms with Crippen LogP contribution in [0.3, 0.4) is 0 Å². The lowest BCUT2D eigenvalue weighted by Gasteiger charge is -2.12. The number of amides is 1. The predicted molar refractivity (Wildman–Crippen MR) is 107 cm³/mol. The molecule has 25 heavy (non-hydrogen) atoms. The quantitative estimate of drug-likeness (QED) is 0.631. The molecule has 3 rings (SSSR count). The summed E-state index contributed by atoms with van der Waals surface area (Å²) in [6.07, 6.45) is 0. The third kappa shape index (κ3) is 4.08. The van der Waals surface area contributed by atoms with Gasteiger partial charge < -0.3 is 5.32 Å². The Morgan fingerprint density at radius 3 is 2.68 bits per heavy atom. The van der Waals surface area contributed by atoms with Crippen LogP contribution in [0.1, 0.15) is 13.8 Å². The van der Waals surface area contributed by atoms with Crippen molar-refractivity contribution in [2.45, 2.75) is 30.5 Å². The first-order chi connectivity index (χ1) is 12.0. The second-order valence-corrected chi connectivity index (χ2v) is 8.34. The number of anilines is 1. The molecule has 130 valence electrons. The molecule has 4 nitrogen and oxygen atoms in total. The van der Waals surface area contributed by atoms with Crippen LogP contribution < -0.4 is 10.2 Å². The van der Waals surface area contributed by atoms with Crippen LogP contribution in [0.5, 0.6) is 0 Å². The van der Waals surface area contributed by atoms with Crippen molar-refractivity contribution in [3.63, 3.8) is 0 Å². The number of hydrogen-bond donors (Lipinski definition) is 1. The van der Waals surface area contributed by atoms with Crippen molar-refractivity contribution in [1.29, 1.82) is 0 Å². The first-order valence-corrected chi connectivity index (χ1v) is 9.92. The zero-order valence-electron chi connectivity index (χ0n) is 13.8. The highest BCUT2D eigenvalue weighted by molar-refractivity contribution is 8.00. The third-order valence-electron chi connectivity index (χ3n) is 3.75. The van der Waals surface area contributed by atoms with Crippen molar-refractivity contribution in [2.75, 3.05) is 5.32 Å². The van der Waals surface area contributed by atoms with E-state index in [9.17, 15) is 9.59 Å². The Morgan fingerprint density at radius 1 is 1.28 bits per heavy atom. The average Bonchev–Trinajstić information content (AvgIpc) is 2.91. The van der Waals surface area contributed by atoms with Gasteiger partial charge in [-0.15, -0.1) is 11.8 Å². The fourth-order valence-corrected chi connectivity index (χ4v) is 4.45. The number of carbonyl (C=O) groups is 1. The Kier molecular flexibility index (Phi) is 5.51. The number of hydrogen-bond acceptors (Lipinski definition) is 4. The topological polar surface area (TPSA) is 51.1 Å². The number of carbonyl (C=O) groups excluding carboxylic acids is 1. The van der Waals surface area contributed by atoms with E-state index in [1.54, 1.807) is 4.57 Å². The number of aromatic nitrogens is 1. The number of rotatable bonds is 5. The molecule has 0 aliphatic heterocycles. The lowest BCUT2D eigenvalue weighted by atomic mass is 10.3. The lowest BCUT2D eigenvalue weighted by molar-refractivity contribution is -0.115. The van der Waals surface area contributed by atoms with E-state index >= 15 is 0 Å². The van der Waals surface area contributed by atoms with Crippen molar-refractivity contribution in [3.8, 4) is 0 Å². The van der Waals surface area contributed by atoms with Crippen LogP contribution >= 0.6 is 34.7 Å². The van der Waals surface area contributed by atoms with Gasteiger partial charge in [0.05, 0.1) is 15.5 Å². The Bertz CT molecular complexity index is 963. The minimum atomic E-state index is -0.254. The zero-order valence-corrected chi connectivity index (χ0v) is 16.2. The minimum Gasteiger partial charge on any atom is -0.325 e. The number of thioether (sulfide) groups is 1. The highest BCUT2D eigenvalue weighted by Crippen LogP contribution is 2.26. The van der Waals surface area contributed by atoms with Crippen LogP contribution in [0.4, 0.5) is 5.69 Å². The maximum atomic E-state index is 12.4. The van der Waals surface area contributed by atoms with Gasteiger partial charge in [0.15, 0.2) is 0 Å². The zero-order chi connectivity index (χ0) is 18.0. The van der Waals surface area contributed by atoms with E-state index in [1.165, 1.54) is 23.1 Å². The van der Waals surface area contributed by atoms with Crippen molar-refractivity contribution in [2.24, 2.45) is 0 Å². The standard InChI is InChI=1S/C18H17ClN2O2S2/c1-3-21-15-9-6-13(10-16(15)25-18(21)23)20-17(22)11(2)24-14-7-4-12(19)5-8-14/h4-11H,3H2,1-2H3,(H,20,22). The summed E-state index contributed by atoms with van der Waals surface area (Å²) in [7, 11) is 0. The summed E-state index contributed by atoms with van der Waals surface area (Å²) < 4.78 is 2.60. The van der Waals surface area contributed by atoms with E-state index in [4.69, 9.17) is 11.6 Å². The van der Waals surface area contributed by atoms with Gasteiger partial charge in [-0.25, -0.2) is 0 Å². The molecule has 1 unspecified atom stereocenters. The fraction of sp³-hybridized carbons (Fsp3) is 0.222. The number of halogens is 1. The summed E-state index contributed by atoms with van der Waals surface area (Å²) in [4.78, 5) is 25.4. The number of nitrogens with one attached hydrogen (secondary N) is 1. The van der Waals surface area contributed by atoms with Crippen molar-refractivity contribution < 1.29 is 4.79 Å². The second-order valence-electron chi connectivity index (χ2n) is 5.50. The molecule has 0 spiro atoms. The first-order valence-electron chi connectivity index (χ1n) is 7.84. The Hall–Kier alpha value is -1.76. The molecule has 1 amide bonds. The van der Waals surface area contributed by atoms with E-state index in [2.05, 4.69) is 5.32 Å². The van der Waals surface area contributed by atoms with Crippen molar-refractivity contribution in [1.82, 2.24) is 4.57 Å². The Labute approximate surface area is 158 Å². The number of nitrogens with zero attached hydrogens (tertiary/aromatic N) is 1. The molecular weight excluding hydrogens is 376 g/mol. The minimum absolute atomic E-state index is 0.0210. The van der Waals surface area contributed by atoms with Gasteiger partial charge >= 0.3 is 4.87 Å². The van der Waals surface area contributed by atoms with Gasteiger partial charge in [-0.1, -0.05) is 22.9 Å². The van der Waals surface area contributed by atoms with Gasteiger partial charge in [0, 0.05) is 22.2 Å². The maximum Gasteiger partial charge on any atom is 0.308 e. The van der Waals surface area contributed by atoms with Crippen molar-refractivity contribution >= 4 is 56.5 Å². The molecule has 0 radical (unpaired) electrons. The van der Waals surface area contributed by atoms with Crippen LogP contribution in [0, 0.1) is 0 Å². The van der Waals surface area contributed by atoms with Crippen molar-refractivity contribution in [3.05, 3.63) is 57.2 Å². The molecule has 0 saturated heterocycles. The van der Waals surface area contributed by atoms with Crippen LogP contribution in [-0.4, -0.2) is 15.7 Å². The largest absolute Gasteiger partial charge is 0.325 e. The molecular formula is C18H17ClN2O2S2. The summed E-state index contributed by atoms with van der Waals surface area (Å²) in [5, 5.41) is 3.34. The molecule has 1 aromatic heterocycles. The van der Waals surface area contributed by atoms with E-state index < -0.39 is 0 Å². The predicted octanol–water partition coefficient (Wildman–Crippen LogP) is 4.86. The van der Waals surface area contributed by atoms with E-state index in [1.807, 2.05) is 56.3 Å². The van der Waals surface area contributed by atoms with Gasteiger partial charge in [-0.2, -0.15) is 0 Å².